The van der Waals surface area contributed by atoms with E-state index in [2.05, 4.69) is 15.6 Å². The van der Waals surface area contributed by atoms with Gasteiger partial charge in [-0.15, -0.1) is 0 Å². The first-order valence-corrected chi connectivity index (χ1v) is 11.6. The van der Waals surface area contributed by atoms with E-state index in [-0.39, 0.29) is 24.4 Å². The number of hydrogen-bond acceptors (Lipinski definition) is 8. The molecule has 4 atom stereocenters. The Kier molecular flexibility index (Phi) is 10.5. The molecule has 2 N–H and O–H groups in total. The van der Waals surface area contributed by atoms with Crippen LogP contribution in [0.25, 0.3) is 0 Å². The lowest BCUT2D eigenvalue weighted by Crippen LogP contribution is -2.48. The van der Waals surface area contributed by atoms with Gasteiger partial charge < -0.3 is 18.9 Å². The van der Waals surface area contributed by atoms with Crippen molar-refractivity contribution in [2.45, 2.75) is 105 Å². The van der Waals surface area contributed by atoms with Gasteiger partial charge in [0, 0.05) is 17.9 Å². The van der Waals surface area contributed by atoms with Gasteiger partial charge >= 0.3 is 18.2 Å². The molecule has 0 spiro atoms. The van der Waals surface area contributed by atoms with Crippen molar-refractivity contribution >= 4 is 24.1 Å². The van der Waals surface area contributed by atoms with Crippen molar-refractivity contribution in [1.29, 1.82) is 0 Å². The molecule has 0 radical (unpaired) electrons. The maximum Gasteiger partial charge on any atom is 0.414 e. The highest BCUT2D eigenvalue weighted by Crippen LogP contribution is 2.30. The number of aliphatic imine (C=N–C) groups is 1. The number of guanidine groups is 1. The molecule has 0 bridgehead atoms. The maximum atomic E-state index is 12.4. The van der Waals surface area contributed by atoms with E-state index in [1.807, 2.05) is 20.8 Å². The zero-order chi connectivity index (χ0) is 26.3. The number of amides is 2. The average Bonchev–Trinajstić information content (AvgIpc) is 2.66. The van der Waals surface area contributed by atoms with Crippen molar-refractivity contribution < 1.29 is 33.3 Å². The minimum absolute atomic E-state index is 0.0374. The van der Waals surface area contributed by atoms with Crippen molar-refractivity contribution in [3.63, 3.8) is 0 Å². The van der Waals surface area contributed by atoms with Crippen LogP contribution in [0, 0.1) is 5.92 Å². The van der Waals surface area contributed by atoms with Gasteiger partial charge in [0.05, 0.1) is 25.4 Å². The lowest BCUT2D eigenvalue weighted by molar-refractivity contribution is -0.136. The Labute approximate surface area is 202 Å². The Morgan fingerprint density at radius 1 is 1.06 bits per heavy atom. The molecule has 10 nitrogen and oxygen atoms in total. The molecule has 0 saturated carbocycles. The van der Waals surface area contributed by atoms with Gasteiger partial charge in [-0.05, 0) is 61.0 Å². The summed E-state index contributed by atoms with van der Waals surface area (Å²) in [6.45, 7) is 16.2. The minimum Gasteiger partial charge on any atom is -0.466 e. The van der Waals surface area contributed by atoms with Crippen LogP contribution in [-0.4, -0.2) is 60.7 Å². The summed E-state index contributed by atoms with van der Waals surface area (Å²) in [5.74, 6) is -0.793. The third-order valence-electron chi connectivity index (χ3n) is 4.87. The molecule has 194 valence electrons. The molecule has 1 aliphatic carbocycles. The van der Waals surface area contributed by atoms with Crippen molar-refractivity contribution in [2.75, 3.05) is 7.11 Å². The van der Waals surface area contributed by atoms with Crippen LogP contribution in [0.2, 0.25) is 0 Å². The summed E-state index contributed by atoms with van der Waals surface area (Å²) in [4.78, 5) is 41.7. The van der Waals surface area contributed by atoms with E-state index < -0.39 is 41.5 Å². The van der Waals surface area contributed by atoms with E-state index in [1.165, 1.54) is 7.11 Å². The lowest BCUT2D eigenvalue weighted by Gasteiger charge is -2.34. The molecule has 0 aromatic rings. The second-order valence-electron chi connectivity index (χ2n) is 10.4. The average molecular weight is 484 g/mol. The highest BCUT2D eigenvalue weighted by Gasteiger charge is 2.35. The third kappa shape index (κ3) is 10.5. The molecule has 1 rings (SSSR count). The number of alkyl carbamates (subject to hydrolysis) is 2. The molecular weight excluding hydrogens is 442 g/mol. The van der Waals surface area contributed by atoms with Crippen molar-refractivity contribution in [3.05, 3.63) is 11.6 Å². The Hall–Kier alpha value is -2.62. The first-order valence-electron chi connectivity index (χ1n) is 11.6. The standard InChI is InChI=1S/C24H41N3O7/c1-11-14(2)32-18-13-16(19(28)31-10)12-17(15(18)3)25-20(26-21(29)33-23(4,5)6)27-22(30)34-24(7,8)9/h13-15,17-18H,11-12H2,1-10H3,(H2,25,26,27,29,30)/t14-,15-,17+,18-/m1/s1. The molecule has 2 amide bonds. The van der Waals surface area contributed by atoms with Crippen molar-refractivity contribution in [2.24, 2.45) is 10.9 Å². The number of carbonyl (C=O) groups excluding carboxylic acids is 3. The Morgan fingerprint density at radius 2 is 1.56 bits per heavy atom. The highest BCUT2D eigenvalue weighted by atomic mass is 16.6. The lowest BCUT2D eigenvalue weighted by atomic mass is 9.84. The van der Waals surface area contributed by atoms with Crippen LogP contribution in [0.5, 0.6) is 0 Å². The largest absolute Gasteiger partial charge is 0.466 e. The second kappa shape index (κ2) is 12.2. The number of hydrogen-bond donors (Lipinski definition) is 2. The predicted octanol–water partition coefficient (Wildman–Crippen LogP) is 4.08. The number of nitrogens with zero attached hydrogens (tertiary/aromatic N) is 1. The topological polar surface area (TPSA) is 125 Å². The van der Waals surface area contributed by atoms with Gasteiger partial charge in [0.25, 0.3) is 0 Å². The summed E-state index contributed by atoms with van der Waals surface area (Å²) >= 11 is 0. The van der Waals surface area contributed by atoms with Crippen LogP contribution in [-0.2, 0) is 23.7 Å². The van der Waals surface area contributed by atoms with Crippen molar-refractivity contribution in [1.82, 2.24) is 10.6 Å². The fourth-order valence-corrected chi connectivity index (χ4v) is 3.08. The van der Waals surface area contributed by atoms with Gasteiger partial charge in [0.15, 0.2) is 0 Å². The monoisotopic (exact) mass is 483 g/mol. The highest BCUT2D eigenvalue weighted by molar-refractivity contribution is 6.01. The zero-order valence-corrected chi connectivity index (χ0v) is 22.1. The summed E-state index contributed by atoms with van der Waals surface area (Å²) in [7, 11) is 1.31. The zero-order valence-electron chi connectivity index (χ0n) is 22.1. The number of ether oxygens (including phenoxy) is 4. The summed E-state index contributed by atoms with van der Waals surface area (Å²) < 4.78 is 21.6. The minimum atomic E-state index is -0.790. The molecule has 34 heavy (non-hydrogen) atoms. The second-order valence-corrected chi connectivity index (χ2v) is 10.4. The van der Waals surface area contributed by atoms with E-state index in [9.17, 15) is 14.4 Å². The molecule has 0 aliphatic heterocycles. The summed E-state index contributed by atoms with van der Waals surface area (Å²) in [5, 5.41) is 4.97. The quantitative estimate of drug-likeness (QED) is 0.261. The molecule has 0 fully saturated rings. The van der Waals surface area contributed by atoms with Gasteiger partial charge in [0.1, 0.15) is 11.2 Å². The smallest absolute Gasteiger partial charge is 0.414 e. The van der Waals surface area contributed by atoms with Crippen LogP contribution >= 0.6 is 0 Å². The van der Waals surface area contributed by atoms with Crippen molar-refractivity contribution in [3.8, 4) is 0 Å². The molecule has 0 saturated heterocycles. The number of esters is 1. The van der Waals surface area contributed by atoms with E-state index in [1.54, 1.807) is 47.6 Å². The number of methoxy groups -OCH3 is 1. The van der Waals surface area contributed by atoms with E-state index in [4.69, 9.17) is 18.9 Å². The van der Waals surface area contributed by atoms with Crippen LogP contribution in [0.15, 0.2) is 16.6 Å². The Morgan fingerprint density at radius 3 is 1.97 bits per heavy atom. The van der Waals surface area contributed by atoms with Gasteiger partial charge in [-0.25, -0.2) is 19.4 Å². The van der Waals surface area contributed by atoms with Gasteiger partial charge in [-0.1, -0.05) is 13.8 Å². The van der Waals surface area contributed by atoms with Crippen LogP contribution < -0.4 is 10.6 Å². The molecule has 0 aromatic heterocycles. The fourth-order valence-electron chi connectivity index (χ4n) is 3.08. The first-order chi connectivity index (χ1) is 15.5. The van der Waals surface area contributed by atoms with E-state index in [0.717, 1.165) is 6.42 Å². The Bertz CT molecular complexity index is 761. The van der Waals surface area contributed by atoms with Crippen LogP contribution in [0.4, 0.5) is 9.59 Å². The fraction of sp³-hybridized carbons (Fsp3) is 0.750. The van der Waals surface area contributed by atoms with Gasteiger partial charge in [0.2, 0.25) is 5.96 Å². The third-order valence-corrected chi connectivity index (χ3v) is 4.87. The molecule has 0 heterocycles. The molecule has 0 aromatic carbocycles. The molecule has 1 aliphatic rings. The maximum absolute atomic E-state index is 12.4. The molecule has 0 unspecified atom stereocenters. The Balaban J connectivity index is 3.28. The number of carbonyl (C=O) groups is 3. The number of rotatable bonds is 5. The van der Waals surface area contributed by atoms with E-state index >= 15 is 0 Å². The van der Waals surface area contributed by atoms with Crippen LogP contribution in [0.1, 0.15) is 75.2 Å². The SMILES string of the molecule is CC[C@@H](C)O[C@@H]1C=C(C(=O)OC)C[C@H](N=C(NC(=O)OC(C)(C)C)NC(=O)OC(C)(C)C)[C@H]1C. The summed E-state index contributed by atoms with van der Waals surface area (Å²) in [5.41, 5.74) is -1.10. The number of nitrogens with one attached hydrogen (secondary N) is 2. The van der Waals surface area contributed by atoms with Crippen LogP contribution in [0.3, 0.4) is 0 Å². The molecule has 10 heteroatoms. The summed E-state index contributed by atoms with van der Waals surface area (Å²) in [6.07, 6.45) is 0.773. The van der Waals surface area contributed by atoms with Gasteiger partial charge in [-0.2, -0.15) is 0 Å². The molecular formula is C24H41N3O7. The van der Waals surface area contributed by atoms with Gasteiger partial charge in [-0.3, -0.25) is 10.6 Å². The normalized spacial score (nSPS) is 21.5. The predicted molar refractivity (Wildman–Crippen MR) is 128 cm³/mol. The first kappa shape index (κ1) is 29.4. The summed E-state index contributed by atoms with van der Waals surface area (Å²) in [6, 6.07) is -0.506. The van der Waals surface area contributed by atoms with E-state index in [0.29, 0.717) is 5.57 Å².